The van der Waals surface area contributed by atoms with Crippen LogP contribution in [0.3, 0.4) is 0 Å². The summed E-state index contributed by atoms with van der Waals surface area (Å²) in [6, 6.07) is 2.19. The molecule has 2 aromatic heterocycles. The van der Waals surface area contributed by atoms with Gasteiger partial charge in [-0.3, -0.25) is 9.59 Å². The van der Waals surface area contributed by atoms with E-state index in [0.29, 0.717) is 17.2 Å². The Labute approximate surface area is 110 Å². The van der Waals surface area contributed by atoms with Crippen LogP contribution in [-0.4, -0.2) is 15.5 Å². The molecule has 0 amide bonds. The number of fused-ring (bicyclic) bond motifs is 1. The molecule has 5 heteroatoms. The summed E-state index contributed by atoms with van der Waals surface area (Å²) in [4.78, 5) is 25.6. The average molecular weight is 260 g/mol. The fraction of sp³-hybridized carbons (Fsp3) is 0.429. The van der Waals surface area contributed by atoms with Crippen LogP contribution in [0.2, 0.25) is 0 Å². The van der Waals surface area contributed by atoms with E-state index in [1.54, 1.807) is 6.07 Å². The van der Waals surface area contributed by atoms with Gasteiger partial charge < -0.3 is 14.3 Å². The predicted octanol–water partition coefficient (Wildman–Crippen LogP) is 2.37. The number of pyridine rings is 1. The van der Waals surface area contributed by atoms with Crippen molar-refractivity contribution in [2.75, 3.05) is 0 Å². The van der Waals surface area contributed by atoms with E-state index in [-0.39, 0.29) is 11.5 Å². The van der Waals surface area contributed by atoms with E-state index in [9.17, 15) is 9.59 Å². The number of nitrogens with one attached hydrogen (secondary N) is 1. The zero-order valence-electron chi connectivity index (χ0n) is 10.8. The van der Waals surface area contributed by atoms with Crippen LogP contribution in [0, 0.1) is 0 Å². The Morgan fingerprint density at radius 3 is 2.84 bits per heavy atom. The Morgan fingerprint density at radius 1 is 1.42 bits per heavy atom. The fourth-order valence-electron chi connectivity index (χ4n) is 2.89. The van der Waals surface area contributed by atoms with Crippen LogP contribution in [0.4, 0.5) is 0 Å². The molecule has 0 saturated heterocycles. The highest BCUT2D eigenvalue weighted by Crippen LogP contribution is 2.34. The molecule has 0 aromatic carbocycles. The minimum absolute atomic E-state index is 0.150. The summed E-state index contributed by atoms with van der Waals surface area (Å²) in [5.41, 5.74) is 0.577. The summed E-state index contributed by atoms with van der Waals surface area (Å²) in [5, 5.41) is 0.575. The number of esters is 1. The highest BCUT2D eigenvalue weighted by Gasteiger charge is 2.21. The summed E-state index contributed by atoms with van der Waals surface area (Å²) in [5.74, 6) is 0.0477. The van der Waals surface area contributed by atoms with E-state index in [0.717, 1.165) is 18.4 Å². The molecule has 1 N–H and O–H groups in total. The molecule has 5 nitrogen and oxygen atoms in total. The van der Waals surface area contributed by atoms with Crippen molar-refractivity contribution in [2.45, 2.75) is 38.6 Å². The number of carbonyl (C=O) groups excluding carboxylic acids is 1. The monoisotopic (exact) mass is 260 g/mol. The Bertz CT molecular complexity index is 678. The second kappa shape index (κ2) is 4.57. The van der Waals surface area contributed by atoms with Gasteiger partial charge in [-0.15, -0.1) is 0 Å². The van der Waals surface area contributed by atoms with Gasteiger partial charge in [-0.2, -0.15) is 0 Å². The standard InChI is InChI=1S/C14H16N2O3/c1-9(17)19-12-8-15-14(18)11-6-7-16(13(11)12)10-4-2-3-5-10/h6-8,10H,2-5H2,1H3,(H,15,18). The zero-order chi connectivity index (χ0) is 13.4. The highest BCUT2D eigenvalue weighted by atomic mass is 16.5. The number of nitrogens with zero attached hydrogens (tertiary/aromatic N) is 1. The van der Waals surface area contributed by atoms with Crippen molar-refractivity contribution < 1.29 is 9.53 Å². The third-order valence-corrected chi connectivity index (χ3v) is 3.70. The Hall–Kier alpha value is -2.04. The van der Waals surface area contributed by atoms with Crippen LogP contribution in [-0.2, 0) is 4.79 Å². The van der Waals surface area contributed by atoms with Gasteiger partial charge >= 0.3 is 5.97 Å². The normalized spacial score (nSPS) is 16.1. The summed E-state index contributed by atoms with van der Waals surface area (Å²) in [6.45, 7) is 1.36. The molecule has 0 aliphatic heterocycles. The molecule has 0 atom stereocenters. The van der Waals surface area contributed by atoms with Crippen LogP contribution < -0.4 is 10.3 Å². The topological polar surface area (TPSA) is 64.1 Å². The molecular weight excluding hydrogens is 244 g/mol. The van der Waals surface area contributed by atoms with Crippen LogP contribution in [0.15, 0.2) is 23.3 Å². The van der Waals surface area contributed by atoms with E-state index >= 15 is 0 Å². The molecule has 100 valence electrons. The molecule has 2 heterocycles. The minimum Gasteiger partial charge on any atom is -0.423 e. The lowest BCUT2D eigenvalue weighted by molar-refractivity contribution is -0.131. The lowest BCUT2D eigenvalue weighted by Gasteiger charge is -2.15. The fourth-order valence-corrected chi connectivity index (χ4v) is 2.89. The van der Waals surface area contributed by atoms with Gasteiger partial charge in [-0.1, -0.05) is 12.8 Å². The predicted molar refractivity (Wildman–Crippen MR) is 71.4 cm³/mol. The minimum atomic E-state index is -0.382. The SMILES string of the molecule is CC(=O)Oc1c[nH]c(=O)c2ccn(C3CCCC3)c12. The maximum atomic E-state index is 11.8. The summed E-state index contributed by atoms with van der Waals surface area (Å²) in [7, 11) is 0. The summed E-state index contributed by atoms with van der Waals surface area (Å²) >= 11 is 0. The highest BCUT2D eigenvalue weighted by molar-refractivity contribution is 5.87. The number of hydrogen-bond acceptors (Lipinski definition) is 3. The molecule has 1 saturated carbocycles. The molecule has 1 aliphatic rings. The van der Waals surface area contributed by atoms with Gasteiger partial charge in [0.05, 0.1) is 10.9 Å². The third-order valence-electron chi connectivity index (χ3n) is 3.70. The number of rotatable bonds is 2. The quantitative estimate of drug-likeness (QED) is 0.843. The van der Waals surface area contributed by atoms with E-state index < -0.39 is 0 Å². The lowest BCUT2D eigenvalue weighted by Crippen LogP contribution is -2.11. The van der Waals surface area contributed by atoms with E-state index in [2.05, 4.69) is 9.55 Å². The first kappa shape index (κ1) is 12.0. The molecule has 0 bridgehead atoms. The number of aromatic nitrogens is 2. The summed E-state index contributed by atoms with van der Waals surface area (Å²) in [6.07, 6.45) is 8.01. The first-order valence-electron chi connectivity index (χ1n) is 6.57. The first-order chi connectivity index (χ1) is 9.16. The smallest absolute Gasteiger partial charge is 0.308 e. The molecule has 1 aliphatic carbocycles. The van der Waals surface area contributed by atoms with Gasteiger partial charge in [0.1, 0.15) is 0 Å². The first-order valence-corrected chi connectivity index (χ1v) is 6.57. The van der Waals surface area contributed by atoms with Crippen molar-refractivity contribution in [1.82, 2.24) is 9.55 Å². The third kappa shape index (κ3) is 2.05. The second-order valence-corrected chi connectivity index (χ2v) is 5.00. The lowest BCUT2D eigenvalue weighted by atomic mass is 10.2. The number of hydrogen-bond donors (Lipinski definition) is 1. The maximum absolute atomic E-state index is 11.8. The molecule has 3 rings (SSSR count). The van der Waals surface area contributed by atoms with Crippen molar-refractivity contribution >= 4 is 16.9 Å². The van der Waals surface area contributed by atoms with Crippen LogP contribution >= 0.6 is 0 Å². The molecule has 2 aromatic rings. The molecule has 19 heavy (non-hydrogen) atoms. The van der Waals surface area contributed by atoms with E-state index in [4.69, 9.17) is 4.74 Å². The summed E-state index contributed by atoms with van der Waals surface area (Å²) < 4.78 is 7.29. The van der Waals surface area contributed by atoms with Gasteiger partial charge in [0.2, 0.25) is 0 Å². The van der Waals surface area contributed by atoms with Gasteiger partial charge in [-0.05, 0) is 18.9 Å². The van der Waals surface area contributed by atoms with Gasteiger partial charge in [0.25, 0.3) is 5.56 Å². The Kier molecular flexibility index (Phi) is 2.89. The largest absolute Gasteiger partial charge is 0.423 e. The average Bonchev–Trinajstić information content (AvgIpc) is 2.99. The van der Waals surface area contributed by atoms with Gasteiger partial charge in [-0.25, -0.2) is 0 Å². The van der Waals surface area contributed by atoms with Crippen molar-refractivity contribution in [1.29, 1.82) is 0 Å². The van der Waals surface area contributed by atoms with E-state index in [1.807, 2.05) is 6.20 Å². The van der Waals surface area contributed by atoms with Crippen LogP contribution in [0.5, 0.6) is 5.75 Å². The molecule has 0 unspecified atom stereocenters. The number of ether oxygens (including phenoxy) is 1. The van der Waals surface area contributed by atoms with E-state index in [1.165, 1.54) is 26.0 Å². The van der Waals surface area contributed by atoms with Gasteiger partial charge in [0.15, 0.2) is 5.75 Å². The van der Waals surface area contributed by atoms with Crippen molar-refractivity contribution in [3.63, 3.8) is 0 Å². The zero-order valence-corrected chi connectivity index (χ0v) is 10.8. The Balaban J connectivity index is 2.19. The molecule has 0 spiro atoms. The van der Waals surface area contributed by atoms with Crippen molar-refractivity contribution in [3.8, 4) is 5.75 Å². The Morgan fingerprint density at radius 2 is 2.16 bits per heavy atom. The van der Waals surface area contributed by atoms with Crippen LogP contribution in [0.1, 0.15) is 38.6 Å². The second-order valence-electron chi connectivity index (χ2n) is 5.00. The maximum Gasteiger partial charge on any atom is 0.308 e. The molecular formula is C14H16N2O3. The number of H-pyrrole nitrogens is 1. The van der Waals surface area contributed by atoms with Crippen molar-refractivity contribution in [3.05, 3.63) is 28.8 Å². The number of carbonyl (C=O) groups is 1. The van der Waals surface area contributed by atoms with Crippen LogP contribution in [0.25, 0.3) is 10.9 Å². The number of aromatic amines is 1. The molecule has 0 radical (unpaired) electrons. The molecule has 1 fully saturated rings. The van der Waals surface area contributed by atoms with Crippen molar-refractivity contribution in [2.24, 2.45) is 0 Å². The van der Waals surface area contributed by atoms with Gasteiger partial charge in [0, 0.05) is 25.4 Å².